The highest BCUT2D eigenvalue weighted by molar-refractivity contribution is 5.95. The second kappa shape index (κ2) is 4.09. The Kier molecular flexibility index (Phi) is 3.08. The van der Waals surface area contributed by atoms with Gasteiger partial charge in [0.15, 0.2) is 0 Å². The van der Waals surface area contributed by atoms with E-state index in [0.717, 1.165) is 0 Å². The Morgan fingerprint density at radius 3 is 2.92 bits per heavy atom. The molecule has 0 radical (unpaired) electrons. The summed E-state index contributed by atoms with van der Waals surface area (Å²) in [7, 11) is 0. The van der Waals surface area contributed by atoms with Crippen LogP contribution in [0, 0.1) is 6.92 Å². The van der Waals surface area contributed by atoms with Crippen LogP contribution in [0.1, 0.15) is 23.0 Å². The fourth-order valence-electron chi connectivity index (χ4n) is 0.968. The molecule has 0 spiro atoms. The summed E-state index contributed by atoms with van der Waals surface area (Å²) >= 11 is 0. The molecule has 0 fully saturated rings. The molecule has 0 aliphatic heterocycles. The van der Waals surface area contributed by atoms with Crippen LogP contribution >= 0.6 is 0 Å². The van der Waals surface area contributed by atoms with E-state index in [1.54, 1.807) is 19.9 Å². The van der Waals surface area contributed by atoms with Crippen molar-refractivity contribution in [3.05, 3.63) is 23.7 Å². The number of carbonyl (C=O) groups is 1. The number of amides is 1. The molecule has 13 heavy (non-hydrogen) atoms. The van der Waals surface area contributed by atoms with Crippen LogP contribution in [-0.4, -0.2) is 23.7 Å². The molecule has 0 aromatic carbocycles. The van der Waals surface area contributed by atoms with Gasteiger partial charge >= 0.3 is 0 Å². The number of nitrogens with one attached hydrogen (secondary N) is 1. The average Bonchev–Trinajstić information content (AvgIpc) is 2.51. The maximum atomic E-state index is 11.4. The summed E-state index contributed by atoms with van der Waals surface area (Å²) in [6, 6.07) is 1.37. The highest BCUT2D eigenvalue weighted by atomic mass is 16.3. The maximum Gasteiger partial charge on any atom is 0.255 e. The number of aliphatic hydroxyl groups is 1. The van der Waals surface area contributed by atoms with Crippen molar-refractivity contribution in [2.45, 2.75) is 19.9 Å². The number of carbonyl (C=O) groups excluding carboxylic acids is 1. The molecule has 0 aliphatic rings. The van der Waals surface area contributed by atoms with Gasteiger partial charge < -0.3 is 14.8 Å². The number of aliphatic hydroxyl groups excluding tert-OH is 1. The van der Waals surface area contributed by atoms with E-state index >= 15 is 0 Å². The summed E-state index contributed by atoms with van der Waals surface area (Å²) in [5.41, 5.74) is 0.514. The fraction of sp³-hybridized carbons (Fsp3) is 0.444. The van der Waals surface area contributed by atoms with Crippen molar-refractivity contribution in [2.75, 3.05) is 6.61 Å². The number of aryl methyl sites for hydroxylation is 1. The van der Waals surface area contributed by atoms with Crippen LogP contribution in [0.5, 0.6) is 0 Å². The lowest BCUT2D eigenvalue weighted by atomic mass is 10.2. The van der Waals surface area contributed by atoms with Gasteiger partial charge in [0.1, 0.15) is 5.76 Å². The molecule has 1 aromatic heterocycles. The van der Waals surface area contributed by atoms with Crippen molar-refractivity contribution in [2.24, 2.45) is 0 Å². The zero-order chi connectivity index (χ0) is 9.84. The van der Waals surface area contributed by atoms with Crippen molar-refractivity contribution in [3.8, 4) is 0 Å². The zero-order valence-corrected chi connectivity index (χ0v) is 7.70. The molecule has 1 aromatic rings. The molecule has 2 N–H and O–H groups in total. The molecule has 1 heterocycles. The van der Waals surface area contributed by atoms with Gasteiger partial charge in [-0.15, -0.1) is 0 Å². The summed E-state index contributed by atoms with van der Waals surface area (Å²) < 4.78 is 4.98. The molecule has 1 atom stereocenters. The first-order valence-electron chi connectivity index (χ1n) is 4.11. The minimum atomic E-state index is -0.234. The smallest absolute Gasteiger partial charge is 0.255 e. The van der Waals surface area contributed by atoms with Crippen LogP contribution in [0.25, 0.3) is 0 Å². The summed E-state index contributed by atoms with van der Waals surface area (Å²) in [4.78, 5) is 11.4. The highest BCUT2D eigenvalue weighted by Crippen LogP contribution is 2.08. The average molecular weight is 183 g/mol. The molecule has 0 unspecified atom stereocenters. The van der Waals surface area contributed by atoms with E-state index in [-0.39, 0.29) is 18.6 Å². The first-order chi connectivity index (χ1) is 6.15. The Bertz CT molecular complexity index is 293. The van der Waals surface area contributed by atoms with Crippen molar-refractivity contribution in [3.63, 3.8) is 0 Å². The highest BCUT2D eigenvalue weighted by Gasteiger charge is 2.12. The van der Waals surface area contributed by atoms with E-state index in [1.807, 2.05) is 0 Å². The van der Waals surface area contributed by atoms with E-state index in [4.69, 9.17) is 9.52 Å². The number of furan rings is 1. The van der Waals surface area contributed by atoms with E-state index in [1.165, 1.54) is 6.26 Å². The lowest BCUT2D eigenvalue weighted by Gasteiger charge is -2.09. The van der Waals surface area contributed by atoms with Gasteiger partial charge in [0.05, 0.1) is 18.4 Å². The lowest BCUT2D eigenvalue weighted by Crippen LogP contribution is -2.35. The Morgan fingerprint density at radius 1 is 1.77 bits per heavy atom. The second-order valence-electron chi connectivity index (χ2n) is 2.95. The maximum absolute atomic E-state index is 11.4. The van der Waals surface area contributed by atoms with Crippen LogP contribution in [0.3, 0.4) is 0 Å². The molecule has 0 saturated carbocycles. The van der Waals surface area contributed by atoms with E-state index in [0.29, 0.717) is 11.3 Å². The van der Waals surface area contributed by atoms with Gasteiger partial charge in [0.2, 0.25) is 0 Å². The standard InChI is InChI=1S/C9H13NO3/c1-6(5-11)10-9(12)8-3-4-13-7(8)2/h3-4,6,11H,5H2,1-2H3,(H,10,12)/t6-/m0/s1. The summed E-state index contributed by atoms with van der Waals surface area (Å²) in [5, 5.41) is 11.3. The van der Waals surface area contributed by atoms with Crippen LogP contribution in [-0.2, 0) is 0 Å². The van der Waals surface area contributed by atoms with Gasteiger partial charge in [-0.2, -0.15) is 0 Å². The molecular formula is C9H13NO3. The minimum absolute atomic E-state index is 0.0668. The molecule has 1 rings (SSSR count). The van der Waals surface area contributed by atoms with Crippen LogP contribution < -0.4 is 5.32 Å². The van der Waals surface area contributed by atoms with Crippen molar-refractivity contribution in [1.29, 1.82) is 0 Å². The van der Waals surface area contributed by atoms with Crippen LogP contribution in [0.2, 0.25) is 0 Å². The Morgan fingerprint density at radius 2 is 2.46 bits per heavy atom. The van der Waals surface area contributed by atoms with Gasteiger partial charge in [0.25, 0.3) is 5.91 Å². The van der Waals surface area contributed by atoms with Gasteiger partial charge in [-0.05, 0) is 19.9 Å². The largest absolute Gasteiger partial charge is 0.469 e. The van der Waals surface area contributed by atoms with Gasteiger partial charge in [-0.25, -0.2) is 0 Å². The monoisotopic (exact) mass is 183 g/mol. The van der Waals surface area contributed by atoms with E-state index in [9.17, 15) is 4.79 Å². The minimum Gasteiger partial charge on any atom is -0.469 e. The summed E-state index contributed by atoms with van der Waals surface area (Å²) in [6.45, 7) is 3.38. The van der Waals surface area contributed by atoms with Crippen LogP contribution in [0.4, 0.5) is 0 Å². The molecule has 0 saturated heterocycles. The number of hydrogen-bond acceptors (Lipinski definition) is 3. The topological polar surface area (TPSA) is 62.5 Å². The van der Waals surface area contributed by atoms with E-state index in [2.05, 4.69) is 5.32 Å². The van der Waals surface area contributed by atoms with Gasteiger partial charge in [0, 0.05) is 6.04 Å². The third kappa shape index (κ3) is 2.32. The lowest BCUT2D eigenvalue weighted by molar-refractivity contribution is 0.0921. The quantitative estimate of drug-likeness (QED) is 0.725. The van der Waals surface area contributed by atoms with E-state index < -0.39 is 0 Å². The molecule has 72 valence electrons. The van der Waals surface area contributed by atoms with Crippen molar-refractivity contribution < 1.29 is 14.3 Å². The molecule has 0 bridgehead atoms. The predicted octanol–water partition coefficient (Wildman–Crippen LogP) is 0.699. The first kappa shape index (κ1) is 9.80. The zero-order valence-electron chi connectivity index (χ0n) is 7.70. The third-order valence-electron chi connectivity index (χ3n) is 1.75. The molecule has 1 amide bonds. The second-order valence-corrected chi connectivity index (χ2v) is 2.95. The molecule has 4 heteroatoms. The molecular weight excluding hydrogens is 170 g/mol. The van der Waals surface area contributed by atoms with Crippen LogP contribution in [0.15, 0.2) is 16.7 Å². The Labute approximate surface area is 76.6 Å². The number of rotatable bonds is 3. The van der Waals surface area contributed by atoms with Gasteiger partial charge in [-0.3, -0.25) is 4.79 Å². The summed E-state index contributed by atoms with van der Waals surface area (Å²) in [6.07, 6.45) is 1.47. The molecule has 0 aliphatic carbocycles. The first-order valence-corrected chi connectivity index (χ1v) is 4.11. The molecule has 4 nitrogen and oxygen atoms in total. The number of hydrogen-bond donors (Lipinski definition) is 2. The SMILES string of the molecule is Cc1occc1C(=O)N[C@@H](C)CO. The normalized spacial score (nSPS) is 12.5. The Hall–Kier alpha value is -1.29. The Balaban J connectivity index is 2.64. The third-order valence-corrected chi connectivity index (χ3v) is 1.75. The van der Waals surface area contributed by atoms with Crippen molar-refractivity contribution in [1.82, 2.24) is 5.32 Å². The fourth-order valence-corrected chi connectivity index (χ4v) is 0.968. The predicted molar refractivity (Wildman–Crippen MR) is 47.5 cm³/mol. The summed E-state index contributed by atoms with van der Waals surface area (Å²) in [5.74, 6) is 0.371. The van der Waals surface area contributed by atoms with Gasteiger partial charge in [-0.1, -0.05) is 0 Å². The van der Waals surface area contributed by atoms with Crippen molar-refractivity contribution >= 4 is 5.91 Å².